The first kappa shape index (κ1) is 14.8. The van der Waals surface area contributed by atoms with Crippen molar-refractivity contribution in [1.29, 1.82) is 0 Å². The molecule has 1 heterocycles. The average molecular weight is 308 g/mol. The van der Waals surface area contributed by atoms with E-state index in [0.717, 1.165) is 18.2 Å². The number of anilines is 2. The molecule has 0 spiro atoms. The Morgan fingerprint density at radius 1 is 1.09 bits per heavy atom. The summed E-state index contributed by atoms with van der Waals surface area (Å²) < 4.78 is 0. The van der Waals surface area contributed by atoms with Crippen LogP contribution in [-0.2, 0) is 0 Å². The first-order valence-corrected chi connectivity index (χ1v) is 5.70. The molecular formula is C10H8N6O6. The standard InChI is InChI=1S/C10H8N6O6/c1-5-9(10(13-12-5)16(21)22)11-7-3-2-6(14(17)18)4-8(7)15(19)20/h2-4,11H,1H3,(H,12,13). The van der Waals surface area contributed by atoms with Crippen molar-refractivity contribution in [2.24, 2.45) is 0 Å². The number of nitro groups is 3. The fraction of sp³-hybridized carbons (Fsp3) is 0.100. The van der Waals surface area contributed by atoms with E-state index < -0.39 is 32.0 Å². The summed E-state index contributed by atoms with van der Waals surface area (Å²) in [6, 6.07) is 2.92. The van der Waals surface area contributed by atoms with Crippen LogP contribution in [0.4, 0.5) is 28.6 Å². The van der Waals surface area contributed by atoms with Crippen molar-refractivity contribution >= 4 is 28.6 Å². The number of benzene rings is 1. The largest absolute Gasteiger partial charge is 0.366 e. The van der Waals surface area contributed by atoms with E-state index in [4.69, 9.17) is 0 Å². The fourth-order valence-corrected chi connectivity index (χ4v) is 1.73. The van der Waals surface area contributed by atoms with Gasteiger partial charge in [0.2, 0.25) is 0 Å². The highest BCUT2D eigenvalue weighted by atomic mass is 16.6. The zero-order valence-electron chi connectivity index (χ0n) is 11.0. The van der Waals surface area contributed by atoms with Crippen molar-refractivity contribution in [2.45, 2.75) is 6.92 Å². The Hall–Kier alpha value is -3.57. The summed E-state index contributed by atoms with van der Waals surface area (Å²) in [6.07, 6.45) is 0. The van der Waals surface area contributed by atoms with E-state index in [9.17, 15) is 30.3 Å². The minimum absolute atomic E-state index is 0.0537. The number of nitrogens with zero attached hydrogens (tertiary/aromatic N) is 4. The van der Waals surface area contributed by atoms with E-state index in [2.05, 4.69) is 15.5 Å². The van der Waals surface area contributed by atoms with Crippen LogP contribution in [0, 0.1) is 37.3 Å². The number of aryl methyl sites for hydroxylation is 1. The van der Waals surface area contributed by atoms with Crippen molar-refractivity contribution in [1.82, 2.24) is 10.2 Å². The lowest BCUT2D eigenvalue weighted by Crippen LogP contribution is -2.01. The van der Waals surface area contributed by atoms with Gasteiger partial charge in [0.25, 0.3) is 11.4 Å². The fourth-order valence-electron chi connectivity index (χ4n) is 1.73. The lowest BCUT2D eigenvalue weighted by atomic mass is 10.2. The van der Waals surface area contributed by atoms with Crippen LogP contribution in [-0.4, -0.2) is 25.0 Å². The number of aromatic nitrogens is 2. The third-order valence-electron chi connectivity index (χ3n) is 2.76. The van der Waals surface area contributed by atoms with Crippen molar-refractivity contribution in [2.75, 3.05) is 5.32 Å². The summed E-state index contributed by atoms with van der Waals surface area (Å²) in [7, 11) is 0. The number of hydrogen-bond acceptors (Lipinski definition) is 8. The molecular weight excluding hydrogens is 300 g/mol. The van der Waals surface area contributed by atoms with Crippen LogP contribution in [0.3, 0.4) is 0 Å². The molecule has 0 radical (unpaired) electrons. The van der Waals surface area contributed by atoms with Gasteiger partial charge in [-0.15, -0.1) is 5.10 Å². The minimum Gasteiger partial charge on any atom is -0.358 e. The second-order valence-electron chi connectivity index (χ2n) is 4.13. The molecule has 0 aliphatic carbocycles. The van der Waals surface area contributed by atoms with Gasteiger partial charge in [-0.25, -0.2) is 0 Å². The molecule has 0 atom stereocenters. The van der Waals surface area contributed by atoms with Crippen LogP contribution in [0.1, 0.15) is 5.69 Å². The van der Waals surface area contributed by atoms with E-state index in [-0.39, 0.29) is 17.1 Å². The Balaban J connectivity index is 2.50. The van der Waals surface area contributed by atoms with Crippen LogP contribution in [0.5, 0.6) is 0 Å². The lowest BCUT2D eigenvalue weighted by Gasteiger charge is -2.05. The molecule has 2 N–H and O–H groups in total. The summed E-state index contributed by atoms with van der Waals surface area (Å²) in [5.41, 5.74) is -0.996. The van der Waals surface area contributed by atoms with E-state index in [0.29, 0.717) is 0 Å². The number of non-ortho nitro benzene ring substituents is 1. The van der Waals surface area contributed by atoms with Crippen LogP contribution in [0.2, 0.25) is 0 Å². The van der Waals surface area contributed by atoms with Crippen LogP contribution in [0.25, 0.3) is 0 Å². The van der Waals surface area contributed by atoms with Gasteiger partial charge in [0.05, 0.1) is 15.9 Å². The molecule has 2 rings (SSSR count). The summed E-state index contributed by atoms with van der Waals surface area (Å²) >= 11 is 0. The van der Waals surface area contributed by atoms with Gasteiger partial charge in [0.15, 0.2) is 5.69 Å². The third-order valence-corrected chi connectivity index (χ3v) is 2.76. The Morgan fingerprint density at radius 3 is 2.32 bits per heavy atom. The van der Waals surface area contributed by atoms with Crippen LogP contribution >= 0.6 is 0 Å². The van der Waals surface area contributed by atoms with Crippen LogP contribution < -0.4 is 5.32 Å². The van der Waals surface area contributed by atoms with E-state index in [1.54, 1.807) is 0 Å². The predicted molar refractivity (Wildman–Crippen MR) is 73.0 cm³/mol. The quantitative estimate of drug-likeness (QED) is 0.624. The molecule has 0 fully saturated rings. The highest BCUT2D eigenvalue weighted by Gasteiger charge is 2.24. The molecule has 0 aliphatic rings. The maximum atomic E-state index is 11.0. The van der Waals surface area contributed by atoms with Gasteiger partial charge in [0, 0.05) is 6.07 Å². The molecule has 12 nitrogen and oxygen atoms in total. The molecule has 0 saturated carbocycles. The maximum absolute atomic E-state index is 11.0. The first-order chi connectivity index (χ1) is 10.3. The average Bonchev–Trinajstić information content (AvgIpc) is 2.80. The van der Waals surface area contributed by atoms with E-state index in [1.807, 2.05) is 0 Å². The molecule has 114 valence electrons. The molecule has 0 saturated heterocycles. The Morgan fingerprint density at radius 2 is 1.77 bits per heavy atom. The van der Waals surface area contributed by atoms with Gasteiger partial charge in [-0.2, -0.15) is 0 Å². The van der Waals surface area contributed by atoms with E-state index >= 15 is 0 Å². The molecule has 0 amide bonds. The Bertz CT molecular complexity index is 784. The number of nitrogens with one attached hydrogen (secondary N) is 2. The molecule has 1 aromatic heterocycles. The van der Waals surface area contributed by atoms with Crippen molar-refractivity contribution in [3.8, 4) is 0 Å². The molecule has 2 aromatic rings. The zero-order chi connectivity index (χ0) is 16.4. The van der Waals surface area contributed by atoms with Gasteiger partial charge < -0.3 is 15.4 Å². The lowest BCUT2D eigenvalue weighted by molar-refractivity contribution is -0.393. The smallest absolute Gasteiger partial charge is 0.358 e. The Labute approximate surface area is 121 Å². The Kier molecular flexibility index (Phi) is 3.66. The van der Waals surface area contributed by atoms with Gasteiger partial charge in [-0.1, -0.05) is 5.10 Å². The van der Waals surface area contributed by atoms with Gasteiger partial charge in [-0.3, -0.25) is 20.2 Å². The second-order valence-corrected chi connectivity index (χ2v) is 4.13. The molecule has 0 aliphatic heterocycles. The van der Waals surface area contributed by atoms with Gasteiger partial charge in [0.1, 0.15) is 11.4 Å². The first-order valence-electron chi connectivity index (χ1n) is 5.70. The van der Waals surface area contributed by atoms with Crippen LogP contribution in [0.15, 0.2) is 18.2 Å². The second kappa shape index (κ2) is 5.43. The summed E-state index contributed by atoms with van der Waals surface area (Å²) in [6.45, 7) is 1.46. The zero-order valence-corrected chi connectivity index (χ0v) is 11.0. The molecule has 12 heteroatoms. The van der Waals surface area contributed by atoms with Crippen molar-refractivity contribution < 1.29 is 14.8 Å². The number of nitro benzene ring substituents is 2. The number of hydrogen-bond donors (Lipinski definition) is 2. The monoisotopic (exact) mass is 308 g/mol. The highest BCUT2D eigenvalue weighted by Crippen LogP contribution is 2.34. The maximum Gasteiger partial charge on any atom is 0.366 e. The number of aromatic amines is 1. The normalized spacial score (nSPS) is 10.2. The summed E-state index contributed by atoms with van der Waals surface area (Å²) in [5.74, 6) is -0.467. The van der Waals surface area contributed by atoms with Gasteiger partial charge in [-0.05, 0) is 17.9 Å². The summed E-state index contributed by atoms with van der Waals surface area (Å²) in [5, 5.41) is 40.9. The highest BCUT2D eigenvalue weighted by molar-refractivity contribution is 5.76. The molecule has 22 heavy (non-hydrogen) atoms. The minimum atomic E-state index is -0.823. The number of rotatable bonds is 5. The molecule has 0 bridgehead atoms. The predicted octanol–water partition coefficient (Wildman–Crippen LogP) is 2.19. The molecule has 1 aromatic carbocycles. The summed E-state index contributed by atoms with van der Waals surface area (Å²) in [4.78, 5) is 30.2. The van der Waals surface area contributed by atoms with Crippen molar-refractivity contribution in [3.05, 3.63) is 54.2 Å². The SMILES string of the molecule is Cc1n[nH]c([N+](=O)[O-])c1Nc1ccc([N+](=O)[O-])cc1[N+](=O)[O-]. The molecule has 0 unspecified atom stereocenters. The van der Waals surface area contributed by atoms with Crippen molar-refractivity contribution in [3.63, 3.8) is 0 Å². The topological polar surface area (TPSA) is 170 Å². The number of H-pyrrole nitrogens is 1. The third kappa shape index (κ3) is 2.65. The van der Waals surface area contributed by atoms with Gasteiger partial charge >= 0.3 is 5.82 Å². The van der Waals surface area contributed by atoms with E-state index in [1.165, 1.54) is 6.92 Å².